The summed E-state index contributed by atoms with van der Waals surface area (Å²) in [7, 11) is 0. The number of rotatable bonds is 4. The highest BCUT2D eigenvalue weighted by molar-refractivity contribution is 6.35. The first-order valence-corrected chi connectivity index (χ1v) is 8.17. The molecule has 0 amide bonds. The quantitative estimate of drug-likeness (QED) is 0.340. The zero-order valence-corrected chi connectivity index (χ0v) is 14.6. The third-order valence-electron chi connectivity index (χ3n) is 3.88. The number of hydrogen-bond acceptors (Lipinski definition) is 3. The maximum Gasteiger partial charge on any atom is 0.128 e. The standard InChI is InChI=1S/C20H15ClF2N2O/c1-12-4-2-3-5-17(12)20(25-26)18-7-6-15(11-19(18)21)24-16-9-13(22)8-14(23)10-16/h2-11,24,26H,1H3. The Labute approximate surface area is 154 Å². The van der Waals surface area contributed by atoms with Gasteiger partial charge in [0, 0.05) is 28.6 Å². The third kappa shape index (κ3) is 3.83. The molecule has 6 heteroatoms. The highest BCUT2D eigenvalue weighted by Crippen LogP contribution is 2.27. The van der Waals surface area contributed by atoms with E-state index in [9.17, 15) is 14.0 Å². The SMILES string of the molecule is Cc1ccccc1C(=NO)c1ccc(Nc2cc(F)cc(F)c2)cc1Cl. The molecule has 132 valence electrons. The minimum Gasteiger partial charge on any atom is -0.410 e. The molecule has 0 radical (unpaired) electrons. The van der Waals surface area contributed by atoms with Gasteiger partial charge >= 0.3 is 0 Å². The Balaban J connectivity index is 1.93. The van der Waals surface area contributed by atoms with Gasteiger partial charge < -0.3 is 10.5 Å². The molecular weight excluding hydrogens is 358 g/mol. The second-order valence-corrected chi connectivity index (χ2v) is 6.15. The van der Waals surface area contributed by atoms with E-state index in [0.29, 0.717) is 22.0 Å². The lowest BCUT2D eigenvalue weighted by molar-refractivity contribution is 0.319. The van der Waals surface area contributed by atoms with E-state index in [1.54, 1.807) is 18.2 Å². The first-order valence-electron chi connectivity index (χ1n) is 7.79. The average Bonchev–Trinajstić information content (AvgIpc) is 2.58. The Kier molecular flexibility index (Phi) is 5.19. The van der Waals surface area contributed by atoms with Crippen LogP contribution in [-0.4, -0.2) is 10.9 Å². The second kappa shape index (κ2) is 7.54. The van der Waals surface area contributed by atoms with Gasteiger partial charge in [0.1, 0.15) is 17.3 Å². The van der Waals surface area contributed by atoms with Crippen LogP contribution in [0.1, 0.15) is 16.7 Å². The maximum atomic E-state index is 13.3. The monoisotopic (exact) mass is 372 g/mol. The molecule has 3 aromatic carbocycles. The molecule has 0 saturated heterocycles. The molecule has 0 aromatic heterocycles. The Bertz CT molecular complexity index is 969. The molecule has 0 aliphatic heterocycles. The lowest BCUT2D eigenvalue weighted by atomic mass is 9.98. The first-order chi connectivity index (χ1) is 12.5. The molecule has 0 fully saturated rings. The van der Waals surface area contributed by atoms with Crippen LogP contribution in [0.2, 0.25) is 5.02 Å². The molecular formula is C20H15ClF2N2O. The fraction of sp³-hybridized carbons (Fsp3) is 0.0500. The summed E-state index contributed by atoms with van der Waals surface area (Å²) in [6, 6.07) is 15.6. The van der Waals surface area contributed by atoms with Gasteiger partial charge in [0.15, 0.2) is 0 Å². The van der Waals surface area contributed by atoms with Crippen molar-refractivity contribution in [3.63, 3.8) is 0 Å². The molecule has 0 bridgehead atoms. The molecule has 0 spiro atoms. The average molecular weight is 373 g/mol. The summed E-state index contributed by atoms with van der Waals surface area (Å²) in [5, 5.41) is 16.1. The van der Waals surface area contributed by atoms with E-state index >= 15 is 0 Å². The number of nitrogens with one attached hydrogen (secondary N) is 1. The molecule has 0 saturated carbocycles. The molecule has 0 aliphatic rings. The van der Waals surface area contributed by atoms with Gasteiger partial charge in [0.25, 0.3) is 0 Å². The van der Waals surface area contributed by atoms with Crippen LogP contribution < -0.4 is 5.32 Å². The molecule has 3 rings (SSSR count). The second-order valence-electron chi connectivity index (χ2n) is 5.74. The van der Waals surface area contributed by atoms with E-state index in [2.05, 4.69) is 10.5 Å². The van der Waals surface area contributed by atoms with Crippen LogP contribution in [0.15, 0.2) is 65.8 Å². The Morgan fingerprint density at radius 3 is 2.23 bits per heavy atom. The van der Waals surface area contributed by atoms with Crippen LogP contribution in [0.5, 0.6) is 0 Å². The molecule has 3 nitrogen and oxygen atoms in total. The molecule has 0 atom stereocenters. The predicted octanol–water partition coefficient (Wildman–Crippen LogP) is 5.90. The van der Waals surface area contributed by atoms with Crippen molar-refractivity contribution in [1.29, 1.82) is 0 Å². The number of nitrogens with zero attached hydrogens (tertiary/aromatic N) is 1. The van der Waals surface area contributed by atoms with E-state index in [-0.39, 0.29) is 5.69 Å². The van der Waals surface area contributed by atoms with Crippen LogP contribution in [-0.2, 0) is 0 Å². The highest BCUT2D eigenvalue weighted by atomic mass is 35.5. The van der Waals surface area contributed by atoms with Crippen LogP contribution >= 0.6 is 11.6 Å². The number of hydrogen-bond donors (Lipinski definition) is 2. The summed E-state index contributed by atoms with van der Waals surface area (Å²) in [6.07, 6.45) is 0. The van der Waals surface area contributed by atoms with Gasteiger partial charge in [0.05, 0.1) is 5.02 Å². The Morgan fingerprint density at radius 2 is 1.62 bits per heavy atom. The first kappa shape index (κ1) is 17.9. The number of anilines is 2. The van der Waals surface area contributed by atoms with E-state index in [1.165, 1.54) is 12.1 Å². The summed E-state index contributed by atoms with van der Waals surface area (Å²) >= 11 is 6.35. The van der Waals surface area contributed by atoms with Crippen molar-refractivity contribution in [1.82, 2.24) is 0 Å². The topological polar surface area (TPSA) is 44.6 Å². The highest BCUT2D eigenvalue weighted by Gasteiger charge is 2.14. The minimum absolute atomic E-state index is 0.265. The van der Waals surface area contributed by atoms with Crippen molar-refractivity contribution in [2.45, 2.75) is 6.92 Å². The van der Waals surface area contributed by atoms with Gasteiger partial charge in [-0.2, -0.15) is 0 Å². The smallest absolute Gasteiger partial charge is 0.128 e. The van der Waals surface area contributed by atoms with Gasteiger partial charge in [-0.1, -0.05) is 41.0 Å². The van der Waals surface area contributed by atoms with Crippen molar-refractivity contribution in [3.8, 4) is 0 Å². The normalized spacial score (nSPS) is 11.5. The van der Waals surface area contributed by atoms with Crippen LogP contribution in [0.4, 0.5) is 20.2 Å². The molecule has 0 heterocycles. The number of aryl methyl sites for hydroxylation is 1. The minimum atomic E-state index is -0.676. The number of halogens is 3. The van der Waals surface area contributed by atoms with E-state index in [1.807, 2.05) is 31.2 Å². The zero-order valence-electron chi connectivity index (χ0n) is 13.8. The van der Waals surface area contributed by atoms with Crippen LogP contribution in [0.25, 0.3) is 0 Å². The van der Waals surface area contributed by atoms with E-state index in [4.69, 9.17) is 11.6 Å². The molecule has 26 heavy (non-hydrogen) atoms. The van der Waals surface area contributed by atoms with Crippen molar-refractivity contribution >= 4 is 28.7 Å². The molecule has 2 N–H and O–H groups in total. The van der Waals surface area contributed by atoms with Crippen molar-refractivity contribution < 1.29 is 14.0 Å². The number of benzene rings is 3. The summed E-state index contributed by atoms with van der Waals surface area (Å²) in [5.41, 5.74) is 3.39. The summed E-state index contributed by atoms with van der Waals surface area (Å²) in [4.78, 5) is 0. The van der Waals surface area contributed by atoms with E-state index < -0.39 is 11.6 Å². The molecule has 0 unspecified atom stereocenters. The lowest BCUT2D eigenvalue weighted by Crippen LogP contribution is -2.06. The summed E-state index contributed by atoms with van der Waals surface area (Å²) in [5.74, 6) is -1.35. The van der Waals surface area contributed by atoms with Gasteiger partial charge in [-0.25, -0.2) is 8.78 Å². The lowest BCUT2D eigenvalue weighted by Gasteiger charge is -2.12. The number of oxime groups is 1. The summed E-state index contributed by atoms with van der Waals surface area (Å²) in [6.45, 7) is 1.91. The van der Waals surface area contributed by atoms with Gasteiger partial charge in [-0.15, -0.1) is 0 Å². The van der Waals surface area contributed by atoms with Gasteiger partial charge in [-0.3, -0.25) is 0 Å². The molecule has 3 aromatic rings. The van der Waals surface area contributed by atoms with Crippen LogP contribution in [0, 0.1) is 18.6 Å². The fourth-order valence-electron chi connectivity index (χ4n) is 2.67. The summed E-state index contributed by atoms with van der Waals surface area (Å²) < 4.78 is 26.6. The third-order valence-corrected chi connectivity index (χ3v) is 4.19. The fourth-order valence-corrected chi connectivity index (χ4v) is 2.94. The maximum absolute atomic E-state index is 13.3. The largest absolute Gasteiger partial charge is 0.410 e. The Morgan fingerprint density at radius 1 is 0.923 bits per heavy atom. The van der Waals surface area contributed by atoms with Crippen molar-refractivity contribution in [2.24, 2.45) is 5.16 Å². The predicted molar refractivity (Wildman–Crippen MR) is 99.7 cm³/mol. The zero-order chi connectivity index (χ0) is 18.7. The van der Waals surface area contributed by atoms with Crippen LogP contribution in [0.3, 0.4) is 0 Å². The van der Waals surface area contributed by atoms with Crippen molar-refractivity contribution in [2.75, 3.05) is 5.32 Å². The molecule has 0 aliphatic carbocycles. The Hall–Kier alpha value is -2.92. The van der Waals surface area contributed by atoms with Gasteiger partial charge in [0.2, 0.25) is 0 Å². The van der Waals surface area contributed by atoms with E-state index in [0.717, 1.165) is 17.2 Å². The van der Waals surface area contributed by atoms with Crippen molar-refractivity contribution in [3.05, 3.63) is 94.0 Å². The van der Waals surface area contributed by atoms with Gasteiger partial charge in [-0.05, 0) is 42.8 Å².